The molecule has 2 rings (SSSR count). The molecule has 36 heavy (non-hydrogen) atoms. The Kier molecular flexibility index (Phi) is 14.5. The van der Waals surface area contributed by atoms with Gasteiger partial charge in [-0.2, -0.15) is 0 Å². The van der Waals surface area contributed by atoms with Gasteiger partial charge in [0.25, 0.3) is 5.91 Å². The summed E-state index contributed by atoms with van der Waals surface area (Å²) in [5.74, 6) is -0.240. The molecule has 0 spiro atoms. The second kappa shape index (κ2) is 17.7. The lowest BCUT2D eigenvalue weighted by atomic mass is 10.1. The van der Waals surface area contributed by atoms with Crippen LogP contribution in [-0.2, 0) is 4.79 Å². The highest BCUT2D eigenvalue weighted by atomic mass is 32.1. The summed E-state index contributed by atoms with van der Waals surface area (Å²) < 4.78 is 0. The van der Waals surface area contributed by atoms with Crippen molar-refractivity contribution in [2.75, 3.05) is 5.32 Å². The van der Waals surface area contributed by atoms with E-state index in [-0.39, 0.29) is 23.0 Å². The monoisotopic (exact) mass is 509 g/mol. The molecule has 0 saturated carbocycles. The van der Waals surface area contributed by atoms with Crippen molar-refractivity contribution in [1.82, 2.24) is 10.6 Å². The van der Waals surface area contributed by atoms with Crippen LogP contribution in [0.4, 0.5) is 5.69 Å². The van der Waals surface area contributed by atoms with Gasteiger partial charge in [-0.1, -0.05) is 108 Å². The SMILES string of the molecule is CCCCCCCCCCCCCC(=O)NC(=S)Nc1cccc(C(=O)NC(C)c2ccccc2)c1. The van der Waals surface area contributed by atoms with Crippen LogP contribution in [0.3, 0.4) is 0 Å². The van der Waals surface area contributed by atoms with Crippen LogP contribution in [0.5, 0.6) is 0 Å². The molecule has 0 radical (unpaired) electrons. The van der Waals surface area contributed by atoms with E-state index < -0.39 is 0 Å². The molecular weight excluding hydrogens is 466 g/mol. The summed E-state index contributed by atoms with van der Waals surface area (Å²) in [5, 5.41) is 9.02. The van der Waals surface area contributed by atoms with Crippen molar-refractivity contribution in [2.24, 2.45) is 0 Å². The summed E-state index contributed by atoms with van der Waals surface area (Å²) in [5.41, 5.74) is 2.23. The number of rotatable bonds is 16. The molecule has 5 nitrogen and oxygen atoms in total. The largest absolute Gasteiger partial charge is 0.346 e. The van der Waals surface area contributed by atoms with E-state index in [1.54, 1.807) is 18.2 Å². The first-order valence-corrected chi connectivity index (χ1v) is 14.0. The number of carbonyl (C=O) groups excluding carboxylic acids is 2. The zero-order valence-corrected chi connectivity index (χ0v) is 22.8. The van der Waals surface area contributed by atoms with E-state index in [1.807, 2.05) is 43.3 Å². The van der Waals surface area contributed by atoms with Crippen LogP contribution in [0.2, 0.25) is 0 Å². The molecule has 0 saturated heterocycles. The third kappa shape index (κ3) is 12.3. The zero-order chi connectivity index (χ0) is 26.0. The molecule has 1 unspecified atom stereocenters. The van der Waals surface area contributed by atoms with Crippen molar-refractivity contribution in [3.63, 3.8) is 0 Å². The lowest BCUT2D eigenvalue weighted by Crippen LogP contribution is -2.34. The van der Waals surface area contributed by atoms with Crippen LogP contribution in [0.25, 0.3) is 0 Å². The third-order valence-corrected chi connectivity index (χ3v) is 6.49. The lowest BCUT2D eigenvalue weighted by Gasteiger charge is -2.15. The Labute approximate surface area is 222 Å². The molecule has 0 aromatic heterocycles. The van der Waals surface area contributed by atoms with Gasteiger partial charge in [-0.15, -0.1) is 0 Å². The molecule has 2 amide bonds. The topological polar surface area (TPSA) is 70.2 Å². The molecule has 196 valence electrons. The fourth-order valence-corrected chi connectivity index (χ4v) is 4.38. The fourth-order valence-electron chi connectivity index (χ4n) is 4.14. The molecular formula is C30H43N3O2S. The molecule has 2 aromatic carbocycles. The molecule has 0 heterocycles. The van der Waals surface area contributed by atoms with E-state index in [1.165, 1.54) is 57.8 Å². The molecule has 0 aliphatic carbocycles. The third-order valence-electron chi connectivity index (χ3n) is 6.29. The van der Waals surface area contributed by atoms with Gasteiger partial charge in [-0.05, 0) is 49.3 Å². The summed E-state index contributed by atoms with van der Waals surface area (Å²) in [6, 6.07) is 16.8. The van der Waals surface area contributed by atoms with E-state index in [4.69, 9.17) is 12.2 Å². The summed E-state index contributed by atoms with van der Waals surface area (Å²) in [4.78, 5) is 24.9. The molecule has 0 aliphatic heterocycles. The number of anilines is 1. The van der Waals surface area contributed by atoms with Crippen LogP contribution in [-0.4, -0.2) is 16.9 Å². The van der Waals surface area contributed by atoms with Gasteiger partial charge < -0.3 is 16.0 Å². The predicted octanol–water partition coefficient (Wildman–Crippen LogP) is 7.69. The maximum Gasteiger partial charge on any atom is 0.251 e. The Morgan fingerprint density at radius 2 is 1.42 bits per heavy atom. The quantitative estimate of drug-likeness (QED) is 0.160. The number of benzene rings is 2. The minimum Gasteiger partial charge on any atom is -0.346 e. The van der Waals surface area contributed by atoms with Gasteiger partial charge in [0, 0.05) is 17.7 Å². The standard InChI is InChI=1S/C30H43N3O2S/c1-3-4-5-6-7-8-9-10-11-12-16-22-28(34)33-30(36)32-27-21-17-20-26(23-27)29(35)31-24(2)25-18-14-13-15-19-25/h13-15,17-21,23-24H,3-12,16,22H2,1-2H3,(H,31,35)(H2,32,33,34,36). The number of amides is 2. The number of thiocarbonyl (C=S) groups is 1. The molecule has 0 bridgehead atoms. The number of nitrogens with one attached hydrogen (secondary N) is 3. The average molecular weight is 510 g/mol. The van der Waals surface area contributed by atoms with E-state index >= 15 is 0 Å². The van der Waals surface area contributed by atoms with Crippen molar-refractivity contribution >= 4 is 34.8 Å². The molecule has 6 heteroatoms. The van der Waals surface area contributed by atoms with E-state index in [2.05, 4.69) is 22.9 Å². The van der Waals surface area contributed by atoms with Gasteiger partial charge in [0.15, 0.2) is 5.11 Å². The molecule has 0 aliphatic rings. The smallest absolute Gasteiger partial charge is 0.251 e. The summed E-state index contributed by atoms with van der Waals surface area (Å²) in [6.45, 7) is 4.20. The van der Waals surface area contributed by atoms with Crippen LogP contribution < -0.4 is 16.0 Å². The average Bonchev–Trinajstić information content (AvgIpc) is 2.87. The Morgan fingerprint density at radius 3 is 2.06 bits per heavy atom. The second-order valence-corrected chi connectivity index (χ2v) is 9.88. The van der Waals surface area contributed by atoms with Crippen LogP contribution in [0, 0.1) is 0 Å². The summed E-state index contributed by atoms with van der Waals surface area (Å²) in [7, 11) is 0. The maximum absolute atomic E-state index is 12.7. The first-order valence-electron chi connectivity index (χ1n) is 13.6. The van der Waals surface area contributed by atoms with E-state index in [0.717, 1.165) is 18.4 Å². The number of carbonyl (C=O) groups is 2. The first-order chi connectivity index (χ1) is 17.5. The molecule has 0 fully saturated rings. The van der Waals surface area contributed by atoms with Gasteiger partial charge in [-0.25, -0.2) is 0 Å². The summed E-state index contributed by atoms with van der Waals surface area (Å²) in [6.07, 6.45) is 14.2. The van der Waals surface area contributed by atoms with Gasteiger partial charge in [0.05, 0.1) is 6.04 Å². The molecule has 1 atom stereocenters. The van der Waals surface area contributed by atoms with Crippen LogP contribution >= 0.6 is 12.2 Å². The van der Waals surface area contributed by atoms with Gasteiger partial charge in [0.1, 0.15) is 0 Å². The minimum atomic E-state index is -0.165. The normalized spacial score (nSPS) is 11.5. The van der Waals surface area contributed by atoms with Gasteiger partial charge in [0.2, 0.25) is 5.91 Å². The van der Waals surface area contributed by atoms with E-state index in [9.17, 15) is 9.59 Å². The van der Waals surface area contributed by atoms with Gasteiger partial charge in [-0.3, -0.25) is 9.59 Å². The van der Waals surface area contributed by atoms with Crippen LogP contribution in [0.1, 0.15) is 113 Å². The van der Waals surface area contributed by atoms with Crippen molar-refractivity contribution < 1.29 is 9.59 Å². The Bertz CT molecular complexity index is 933. The van der Waals surface area contributed by atoms with Crippen molar-refractivity contribution in [1.29, 1.82) is 0 Å². The lowest BCUT2D eigenvalue weighted by molar-refractivity contribution is -0.119. The maximum atomic E-state index is 12.7. The Hall–Kier alpha value is -2.73. The number of hydrogen-bond acceptors (Lipinski definition) is 3. The van der Waals surface area contributed by atoms with Crippen molar-refractivity contribution in [3.05, 3.63) is 65.7 Å². The van der Waals surface area contributed by atoms with E-state index in [0.29, 0.717) is 17.7 Å². The van der Waals surface area contributed by atoms with Crippen molar-refractivity contribution in [3.8, 4) is 0 Å². The highest BCUT2D eigenvalue weighted by Crippen LogP contribution is 2.15. The van der Waals surface area contributed by atoms with Crippen molar-refractivity contribution in [2.45, 2.75) is 96.9 Å². The highest BCUT2D eigenvalue weighted by molar-refractivity contribution is 7.80. The molecule has 2 aromatic rings. The zero-order valence-electron chi connectivity index (χ0n) is 22.0. The van der Waals surface area contributed by atoms with Gasteiger partial charge >= 0.3 is 0 Å². The number of hydrogen-bond donors (Lipinski definition) is 3. The minimum absolute atomic E-state index is 0.0750. The Morgan fingerprint density at radius 1 is 0.806 bits per heavy atom. The number of unbranched alkanes of at least 4 members (excludes halogenated alkanes) is 10. The predicted molar refractivity (Wildman–Crippen MR) is 154 cm³/mol. The first kappa shape index (κ1) is 29.5. The second-order valence-electron chi connectivity index (χ2n) is 9.47. The summed E-state index contributed by atoms with van der Waals surface area (Å²) >= 11 is 5.30. The highest BCUT2D eigenvalue weighted by Gasteiger charge is 2.12. The Balaban J connectivity index is 1.63. The van der Waals surface area contributed by atoms with Crippen LogP contribution in [0.15, 0.2) is 54.6 Å². The fraction of sp³-hybridized carbons (Fsp3) is 0.500. The molecule has 3 N–H and O–H groups in total.